The Labute approximate surface area is 161 Å². The number of para-hydroxylation sites is 3. The first-order valence-electron chi connectivity index (χ1n) is 9.10. The average Bonchev–Trinajstić information content (AvgIpc) is 3.16. The van der Waals surface area contributed by atoms with Crippen LogP contribution in [0.15, 0.2) is 52.9 Å². The molecular weight excluding hydrogens is 360 g/mol. The summed E-state index contributed by atoms with van der Waals surface area (Å²) in [4.78, 5) is 30.9. The summed E-state index contributed by atoms with van der Waals surface area (Å²) >= 11 is 0. The summed E-state index contributed by atoms with van der Waals surface area (Å²) in [5.41, 5.74) is 6.46. The van der Waals surface area contributed by atoms with E-state index in [0.29, 0.717) is 31.9 Å². The molecule has 0 radical (unpaired) electrons. The van der Waals surface area contributed by atoms with Gasteiger partial charge >= 0.3 is 0 Å². The zero-order chi connectivity index (χ0) is 19.5. The van der Waals surface area contributed by atoms with E-state index in [1.54, 1.807) is 12.1 Å². The van der Waals surface area contributed by atoms with Gasteiger partial charge in [0.25, 0.3) is 11.9 Å². The van der Waals surface area contributed by atoms with Crippen molar-refractivity contribution >= 4 is 28.9 Å². The van der Waals surface area contributed by atoms with Crippen LogP contribution in [0.3, 0.4) is 0 Å². The second-order valence-corrected chi connectivity index (χ2v) is 6.69. The molecule has 0 saturated carbocycles. The lowest BCUT2D eigenvalue weighted by atomic mass is 9.96. The maximum atomic E-state index is 12.4. The lowest BCUT2D eigenvalue weighted by molar-refractivity contribution is -0.126. The minimum absolute atomic E-state index is 0.105. The smallest absolute Gasteiger partial charge is 0.298 e. The largest absolute Gasteiger partial charge is 0.507 e. The minimum atomic E-state index is -0.560. The molecule has 8 heteroatoms. The topological polar surface area (TPSA) is 108 Å². The van der Waals surface area contributed by atoms with E-state index in [2.05, 4.69) is 15.8 Å². The molecule has 0 spiro atoms. The number of rotatable bonds is 3. The molecule has 3 aromatic rings. The van der Waals surface area contributed by atoms with Gasteiger partial charge in [0.2, 0.25) is 5.91 Å². The number of phenols is 1. The van der Waals surface area contributed by atoms with Gasteiger partial charge < -0.3 is 14.4 Å². The number of nitrogens with one attached hydrogen (secondary N) is 2. The van der Waals surface area contributed by atoms with E-state index in [1.807, 2.05) is 29.2 Å². The number of amides is 2. The quantitative estimate of drug-likeness (QED) is 0.602. The molecule has 1 fully saturated rings. The molecule has 1 aliphatic heterocycles. The Bertz CT molecular complexity index is 975. The summed E-state index contributed by atoms with van der Waals surface area (Å²) in [6, 6.07) is 14.3. The van der Waals surface area contributed by atoms with E-state index < -0.39 is 5.91 Å². The van der Waals surface area contributed by atoms with Crippen molar-refractivity contribution < 1.29 is 19.1 Å². The third-order valence-electron chi connectivity index (χ3n) is 4.87. The molecule has 0 unspecified atom stereocenters. The molecule has 1 aromatic heterocycles. The zero-order valence-corrected chi connectivity index (χ0v) is 15.1. The fourth-order valence-corrected chi connectivity index (χ4v) is 3.28. The first-order chi connectivity index (χ1) is 13.6. The van der Waals surface area contributed by atoms with Crippen LogP contribution in [-0.4, -0.2) is 35.0 Å². The Balaban J connectivity index is 1.30. The van der Waals surface area contributed by atoms with Crippen molar-refractivity contribution in [3.63, 3.8) is 0 Å². The summed E-state index contributed by atoms with van der Waals surface area (Å²) in [6.07, 6.45) is 1.24. The molecule has 1 aliphatic rings. The van der Waals surface area contributed by atoms with E-state index >= 15 is 0 Å². The van der Waals surface area contributed by atoms with Gasteiger partial charge in [-0.15, -0.1) is 0 Å². The SMILES string of the molecule is O=C(NNC(=O)C1CCN(c2nc3ccccc3o2)CC1)c1ccccc1O. The lowest BCUT2D eigenvalue weighted by Gasteiger charge is -2.30. The van der Waals surface area contributed by atoms with Crippen molar-refractivity contribution in [2.45, 2.75) is 12.8 Å². The number of anilines is 1. The van der Waals surface area contributed by atoms with Gasteiger partial charge in [-0.3, -0.25) is 20.4 Å². The third-order valence-corrected chi connectivity index (χ3v) is 4.87. The predicted molar refractivity (Wildman–Crippen MR) is 103 cm³/mol. The zero-order valence-electron chi connectivity index (χ0n) is 15.1. The number of aromatic hydroxyl groups is 1. The summed E-state index contributed by atoms with van der Waals surface area (Å²) in [5.74, 6) is -1.16. The standard InChI is InChI=1S/C20H20N4O4/c25-16-7-3-1-5-14(16)19(27)23-22-18(26)13-9-11-24(12-10-13)20-21-15-6-2-4-8-17(15)28-20/h1-8,13,25H,9-12H2,(H,22,26)(H,23,27). The summed E-state index contributed by atoms with van der Waals surface area (Å²) in [6.45, 7) is 1.27. The van der Waals surface area contributed by atoms with Crippen LogP contribution in [0.5, 0.6) is 5.75 Å². The van der Waals surface area contributed by atoms with E-state index in [9.17, 15) is 14.7 Å². The molecule has 1 saturated heterocycles. The molecule has 8 nitrogen and oxygen atoms in total. The molecule has 0 aliphatic carbocycles. The maximum absolute atomic E-state index is 12.4. The lowest BCUT2D eigenvalue weighted by Crippen LogP contribution is -2.47. The number of piperidine rings is 1. The first-order valence-corrected chi connectivity index (χ1v) is 9.10. The van der Waals surface area contributed by atoms with Gasteiger partial charge in [0.05, 0.1) is 5.56 Å². The van der Waals surface area contributed by atoms with Crippen molar-refractivity contribution in [2.24, 2.45) is 5.92 Å². The molecule has 144 valence electrons. The highest BCUT2D eigenvalue weighted by Crippen LogP contribution is 2.26. The number of carbonyl (C=O) groups excluding carboxylic acids is 2. The highest BCUT2D eigenvalue weighted by Gasteiger charge is 2.27. The minimum Gasteiger partial charge on any atom is -0.507 e. The van der Waals surface area contributed by atoms with Crippen LogP contribution in [0.4, 0.5) is 6.01 Å². The Kier molecular flexibility index (Phi) is 4.84. The summed E-state index contributed by atoms with van der Waals surface area (Å²) < 4.78 is 5.78. The van der Waals surface area contributed by atoms with Gasteiger partial charge in [-0.25, -0.2) is 0 Å². The number of hydrazine groups is 1. The van der Waals surface area contributed by atoms with Crippen molar-refractivity contribution in [3.05, 3.63) is 54.1 Å². The van der Waals surface area contributed by atoms with Gasteiger partial charge in [0.1, 0.15) is 11.3 Å². The van der Waals surface area contributed by atoms with Crippen LogP contribution in [0.25, 0.3) is 11.1 Å². The molecule has 28 heavy (non-hydrogen) atoms. The first kappa shape index (κ1) is 17.8. The van der Waals surface area contributed by atoms with Gasteiger partial charge in [-0.1, -0.05) is 24.3 Å². The van der Waals surface area contributed by atoms with Crippen LogP contribution in [0, 0.1) is 5.92 Å². The number of nitrogens with zero attached hydrogens (tertiary/aromatic N) is 2. The van der Waals surface area contributed by atoms with Gasteiger partial charge in [-0.05, 0) is 37.1 Å². The monoisotopic (exact) mass is 380 g/mol. The number of fused-ring (bicyclic) bond motifs is 1. The number of carbonyl (C=O) groups is 2. The highest BCUT2D eigenvalue weighted by molar-refractivity contribution is 5.97. The van der Waals surface area contributed by atoms with E-state index in [1.165, 1.54) is 12.1 Å². The molecule has 2 amide bonds. The van der Waals surface area contributed by atoms with E-state index in [-0.39, 0.29) is 23.1 Å². The molecule has 2 heterocycles. The molecule has 3 N–H and O–H groups in total. The van der Waals surface area contributed by atoms with Crippen LogP contribution in [0.1, 0.15) is 23.2 Å². The fraction of sp³-hybridized carbons (Fsp3) is 0.250. The average molecular weight is 380 g/mol. The summed E-state index contributed by atoms with van der Waals surface area (Å²) in [7, 11) is 0. The Morgan fingerprint density at radius 3 is 2.50 bits per heavy atom. The van der Waals surface area contributed by atoms with Gasteiger partial charge in [0.15, 0.2) is 5.58 Å². The fourth-order valence-electron chi connectivity index (χ4n) is 3.28. The summed E-state index contributed by atoms with van der Waals surface area (Å²) in [5, 5.41) is 9.69. The van der Waals surface area contributed by atoms with Crippen LogP contribution in [-0.2, 0) is 4.79 Å². The maximum Gasteiger partial charge on any atom is 0.298 e. The van der Waals surface area contributed by atoms with Crippen molar-refractivity contribution in [1.29, 1.82) is 0 Å². The van der Waals surface area contributed by atoms with Crippen LogP contribution >= 0.6 is 0 Å². The number of aromatic nitrogens is 1. The Morgan fingerprint density at radius 2 is 1.75 bits per heavy atom. The number of oxazole rings is 1. The molecular formula is C20H20N4O4. The Hall–Kier alpha value is -3.55. The Morgan fingerprint density at radius 1 is 1.04 bits per heavy atom. The number of benzene rings is 2. The van der Waals surface area contributed by atoms with Crippen LogP contribution < -0.4 is 15.8 Å². The second-order valence-electron chi connectivity index (χ2n) is 6.69. The molecule has 0 bridgehead atoms. The molecule has 4 rings (SSSR count). The molecule has 0 atom stereocenters. The second kappa shape index (κ2) is 7.59. The number of hydrogen-bond donors (Lipinski definition) is 3. The van der Waals surface area contributed by atoms with Crippen LogP contribution in [0.2, 0.25) is 0 Å². The van der Waals surface area contributed by atoms with Crippen molar-refractivity contribution in [1.82, 2.24) is 15.8 Å². The van der Waals surface area contributed by atoms with Gasteiger partial charge in [-0.2, -0.15) is 4.98 Å². The highest BCUT2D eigenvalue weighted by atomic mass is 16.4. The number of hydrogen-bond acceptors (Lipinski definition) is 6. The van der Waals surface area contributed by atoms with Gasteiger partial charge in [0, 0.05) is 19.0 Å². The predicted octanol–water partition coefficient (Wildman–Crippen LogP) is 2.21. The van der Waals surface area contributed by atoms with E-state index in [0.717, 1.165) is 11.1 Å². The van der Waals surface area contributed by atoms with Crippen molar-refractivity contribution in [2.75, 3.05) is 18.0 Å². The van der Waals surface area contributed by atoms with Crippen molar-refractivity contribution in [3.8, 4) is 5.75 Å². The molecule has 2 aromatic carbocycles. The van der Waals surface area contributed by atoms with E-state index in [4.69, 9.17) is 4.42 Å². The number of phenolic OH excluding ortho intramolecular Hbond substituents is 1. The third kappa shape index (κ3) is 3.62. The normalized spacial score (nSPS) is 14.8.